The van der Waals surface area contributed by atoms with Crippen LogP contribution in [0.1, 0.15) is 31.9 Å². The summed E-state index contributed by atoms with van der Waals surface area (Å²) in [7, 11) is 0. The van der Waals surface area contributed by atoms with E-state index in [0.29, 0.717) is 0 Å². The molecule has 0 saturated heterocycles. The van der Waals surface area contributed by atoms with Crippen molar-refractivity contribution in [3.8, 4) is 0 Å². The largest absolute Gasteiger partial charge is 0.480 e. The molecule has 0 radical (unpaired) electrons. The van der Waals surface area contributed by atoms with Crippen molar-refractivity contribution in [3.05, 3.63) is 29.8 Å². The summed E-state index contributed by atoms with van der Waals surface area (Å²) in [5.74, 6) is -0.768. The second-order valence-electron chi connectivity index (χ2n) is 4.31. The molecule has 1 atom stereocenters. The van der Waals surface area contributed by atoms with Crippen LogP contribution in [0.5, 0.6) is 0 Å². The molecule has 1 aromatic rings. The molecule has 1 unspecified atom stereocenters. The molecule has 0 saturated carbocycles. The number of aliphatic carboxylic acids is 1. The lowest BCUT2D eigenvalue weighted by atomic mass is 10.1. The minimum Gasteiger partial charge on any atom is -0.480 e. The van der Waals surface area contributed by atoms with E-state index in [4.69, 9.17) is 5.11 Å². The van der Waals surface area contributed by atoms with Gasteiger partial charge < -0.3 is 5.11 Å². The molecule has 1 N–H and O–H groups in total. The molecular formula is C14H21NO2S. The maximum absolute atomic E-state index is 10.9. The van der Waals surface area contributed by atoms with Crippen molar-refractivity contribution in [2.75, 3.05) is 19.3 Å². The van der Waals surface area contributed by atoms with Crippen LogP contribution >= 0.6 is 11.8 Å². The summed E-state index contributed by atoms with van der Waals surface area (Å²) in [4.78, 5) is 14.1. The molecule has 0 spiro atoms. The fourth-order valence-corrected chi connectivity index (χ4v) is 2.37. The van der Waals surface area contributed by atoms with Crippen LogP contribution in [0.15, 0.2) is 29.2 Å². The van der Waals surface area contributed by atoms with Gasteiger partial charge in [0.2, 0.25) is 0 Å². The van der Waals surface area contributed by atoms with E-state index < -0.39 is 5.97 Å². The van der Waals surface area contributed by atoms with Crippen LogP contribution in [-0.4, -0.2) is 35.3 Å². The molecule has 0 heterocycles. The van der Waals surface area contributed by atoms with Gasteiger partial charge in [0.25, 0.3) is 0 Å². The van der Waals surface area contributed by atoms with Crippen molar-refractivity contribution in [1.29, 1.82) is 0 Å². The third-order valence-electron chi connectivity index (χ3n) is 3.00. The lowest BCUT2D eigenvalue weighted by Gasteiger charge is -2.27. The molecule has 0 aliphatic heterocycles. The van der Waals surface area contributed by atoms with Crippen molar-refractivity contribution in [2.45, 2.75) is 31.2 Å². The first-order valence-electron chi connectivity index (χ1n) is 6.18. The molecule has 0 aliphatic carbocycles. The van der Waals surface area contributed by atoms with Gasteiger partial charge in [-0.25, -0.2) is 0 Å². The van der Waals surface area contributed by atoms with Crippen LogP contribution in [-0.2, 0) is 4.79 Å². The van der Waals surface area contributed by atoms with E-state index in [1.807, 2.05) is 11.2 Å². The lowest BCUT2D eigenvalue weighted by molar-refractivity contribution is -0.138. The minimum atomic E-state index is -0.768. The summed E-state index contributed by atoms with van der Waals surface area (Å²) < 4.78 is 0. The normalized spacial score (nSPS) is 12.7. The van der Waals surface area contributed by atoms with Crippen LogP contribution in [0, 0.1) is 0 Å². The molecule has 0 amide bonds. The van der Waals surface area contributed by atoms with Crippen LogP contribution in [0.3, 0.4) is 0 Å². The Morgan fingerprint density at radius 1 is 1.39 bits per heavy atom. The smallest absolute Gasteiger partial charge is 0.317 e. The second kappa shape index (κ2) is 7.44. The second-order valence-corrected chi connectivity index (χ2v) is 5.19. The predicted molar refractivity (Wildman–Crippen MR) is 76.1 cm³/mol. The summed E-state index contributed by atoms with van der Waals surface area (Å²) in [6.45, 7) is 5.03. The standard InChI is InChI=1S/C14H21NO2S/c1-4-9-15(10-14(16)17)11(2)12-5-7-13(18-3)8-6-12/h5-8,11H,4,9-10H2,1-3H3,(H,16,17). The van der Waals surface area contributed by atoms with Crippen LogP contribution in [0.4, 0.5) is 0 Å². The molecule has 18 heavy (non-hydrogen) atoms. The van der Waals surface area contributed by atoms with Crippen molar-refractivity contribution >= 4 is 17.7 Å². The van der Waals surface area contributed by atoms with E-state index in [1.165, 1.54) is 10.5 Å². The quantitative estimate of drug-likeness (QED) is 0.770. The van der Waals surface area contributed by atoms with E-state index in [1.54, 1.807) is 11.8 Å². The Labute approximate surface area is 113 Å². The Morgan fingerprint density at radius 3 is 2.44 bits per heavy atom. The van der Waals surface area contributed by atoms with Crippen molar-refractivity contribution < 1.29 is 9.90 Å². The van der Waals surface area contributed by atoms with E-state index in [9.17, 15) is 4.79 Å². The Kier molecular flexibility index (Phi) is 6.22. The average Bonchev–Trinajstić information content (AvgIpc) is 2.37. The molecule has 4 heteroatoms. The number of hydrogen-bond acceptors (Lipinski definition) is 3. The highest BCUT2D eigenvalue weighted by atomic mass is 32.2. The zero-order chi connectivity index (χ0) is 13.5. The molecule has 0 bridgehead atoms. The van der Waals surface area contributed by atoms with Gasteiger partial charge in [0.1, 0.15) is 0 Å². The van der Waals surface area contributed by atoms with Gasteiger partial charge in [0.05, 0.1) is 6.54 Å². The highest BCUT2D eigenvalue weighted by Crippen LogP contribution is 2.23. The Bertz CT molecular complexity index is 378. The summed E-state index contributed by atoms with van der Waals surface area (Å²) in [5.41, 5.74) is 1.17. The minimum absolute atomic E-state index is 0.0965. The molecule has 100 valence electrons. The number of nitrogens with zero attached hydrogens (tertiary/aromatic N) is 1. The molecule has 0 fully saturated rings. The van der Waals surface area contributed by atoms with Crippen LogP contribution in [0.2, 0.25) is 0 Å². The number of carboxylic acid groups (broad SMARTS) is 1. The van der Waals surface area contributed by atoms with Crippen molar-refractivity contribution in [2.24, 2.45) is 0 Å². The summed E-state index contributed by atoms with van der Waals surface area (Å²) in [5, 5.41) is 8.94. The first-order valence-corrected chi connectivity index (χ1v) is 7.40. The fraction of sp³-hybridized carbons (Fsp3) is 0.500. The van der Waals surface area contributed by atoms with Crippen LogP contribution < -0.4 is 0 Å². The van der Waals surface area contributed by atoms with Crippen molar-refractivity contribution in [1.82, 2.24) is 4.90 Å². The maximum atomic E-state index is 10.9. The average molecular weight is 267 g/mol. The summed E-state index contributed by atoms with van der Waals surface area (Å²) in [6, 6.07) is 8.47. The SMILES string of the molecule is CCCN(CC(=O)O)C(C)c1ccc(SC)cc1. The monoisotopic (exact) mass is 267 g/mol. The topological polar surface area (TPSA) is 40.5 Å². The number of rotatable bonds is 7. The maximum Gasteiger partial charge on any atom is 0.317 e. The van der Waals surface area contributed by atoms with Gasteiger partial charge in [-0.15, -0.1) is 11.8 Å². The van der Waals surface area contributed by atoms with E-state index in [2.05, 4.69) is 38.1 Å². The molecule has 1 aromatic carbocycles. The van der Waals surface area contributed by atoms with Gasteiger partial charge in [-0.2, -0.15) is 0 Å². The fourth-order valence-electron chi connectivity index (χ4n) is 1.96. The molecule has 0 aromatic heterocycles. The summed E-state index contributed by atoms with van der Waals surface area (Å²) >= 11 is 1.71. The zero-order valence-corrected chi connectivity index (χ0v) is 12.0. The van der Waals surface area contributed by atoms with Gasteiger partial charge in [0.15, 0.2) is 0 Å². The number of carbonyl (C=O) groups is 1. The Morgan fingerprint density at radius 2 is 2.00 bits per heavy atom. The van der Waals surface area contributed by atoms with E-state index >= 15 is 0 Å². The third-order valence-corrected chi connectivity index (χ3v) is 3.74. The zero-order valence-electron chi connectivity index (χ0n) is 11.2. The number of carboxylic acids is 1. The highest BCUT2D eigenvalue weighted by molar-refractivity contribution is 7.98. The van der Waals surface area contributed by atoms with Gasteiger partial charge in [-0.1, -0.05) is 19.1 Å². The molecular weight excluding hydrogens is 246 g/mol. The van der Waals surface area contributed by atoms with Gasteiger partial charge in [-0.3, -0.25) is 9.69 Å². The summed E-state index contributed by atoms with van der Waals surface area (Å²) in [6.07, 6.45) is 3.01. The first-order chi connectivity index (χ1) is 8.58. The van der Waals surface area contributed by atoms with E-state index in [-0.39, 0.29) is 12.6 Å². The number of hydrogen-bond donors (Lipinski definition) is 1. The Balaban J connectivity index is 2.79. The molecule has 1 rings (SSSR count). The number of thioether (sulfide) groups is 1. The van der Waals surface area contributed by atoms with Crippen molar-refractivity contribution in [3.63, 3.8) is 0 Å². The third kappa shape index (κ3) is 4.35. The first kappa shape index (κ1) is 15.1. The predicted octanol–water partition coefficient (Wildman–Crippen LogP) is 3.27. The highest BCUT2D eigenvalue weighted by Gasteiger charge is 2.17. The van der Waals surface area contributed by atoms with Gasteiger partial charge in [-0.05, 0) is 43.8 Å². The van der Waals surface area contributed by atoms with Gasteiger partial charge in [0, 0.05) is 10.9 Å². The Hall–Kier alpha value is -1.00. The van der Waals surface area contributed by atoms with Gasteiger partial charge >= 0.3 is 5.97 Å². The van der Waals surface area contributed by atoms with E-state index in [0.717, 1.165) is 13.0 Å². The van der Waals surface area contributed by atoms with Crippen LogP contribution in [0.25, 0.3) is 0 Å². The molecule has 0 aliphatic rings. The molecule has 3 nitrogen and oxygen atoms in total. The lowest BCUT2D eigenvalue weighted by Crippen LogP contribution is -2.33. The number of benzene rings is 1.